The largest absolute Gasteiger partial charge is 1.00 e. The zero-order valence-electron chi connectivity index (χ0n) is 9.32. The summed E-state index contributed by atoms with van der Waals surface area (Å²) < 4.78 is 33.0. The Labute approximate surface area is 125 Å². The van der Waals surface area contributed by atoms with Crippen molar-refractivity contribution in [3.63, 3.8) is 0 Å². The van der Waals surface area contributed by atoms with Crippen LogP contribution in [0, 0.1) is 4.91 Å². The monoisotopic (exact) mass is 275 g/mol. The predicted octanol–water partition coefficient (Wildman–Crippen LogP) is -1.15. The third kappa shape index (κ3) is 2.55. The number of nitroso groups, excluding NO2 is 1. The van der Waals surface area contributed by atoms with E-state index >= 15 is 0 Å². The normalized spacial score (nSPS) is 10.9. The van der Waals surface area contributed by atoms with E-state index < -0.39 is 15.0 Å². The standard InChI is InChI=1S/C10H7NO5S.Na/c12-8-3-1-2-6-9(17(14,15)16)5-4-7(11-13)10(6)8;/h1-5,12H,(H,14,15,16);/q;+1/p-1. The summed E-state index contributed by atoms with van der Waals surface area (Å²) in [7, 11) is -4.68. The van der Waals surface area contributed by atoms with Gasteiger partial charge < -0.3 is 9.66 Å². The number of nitrogens with zero attached hydrogens (tertiary/aromatic N) is 1. The molecule has 2 aromatic rings. The Hall–Kier alpha value is -0.990. The molecule has 0 unspecified atom stereocenters. The van der Waals surface area contributed by atoms with Crippen LogP contribution in [0.3, 0.4) is 0 Å². The maximum absolute atomic E-state index is 11.0. The minimum atomic E-state index is -4.68. The Morgan fingerprint density at radius 1 is 1.17 bits per heavy atom. The van der Waals surface area contributed by atoms with Gasteiger partial charge in [0.15, 0.2) is 0 Å². The number of phenols is 1. The number of fused-ring (bicyclic) bond motifs is 1. The van der Waals surface area contributed by atoms with Gasteiger partial charge >= 0.3 is 29.6 Å². The van der Waals surface area contributed by atoms with Crippen LogP contribution in [0.1, 0.15) is 0 Å². The molecule has 0 radical (unpaired) electrons. The molecule has 0 saturated carbocycles. The molecule has 8 heteroatoms. The Balaban J connectivity index is 0.00000162. The van der Waals surface area contributed by atoms with E-state index in [1.54, 1.807) is 0 Å². The maximum Gasteiger partial charge on any atom is 1.00 e. The van der Waals surface area contributed by atoms with Gasteiger partial charge in [-0.15, -0.1) is 4.91 Å². The van der Waals surface area contributed by atoms with Crippen LogP contribution in [0.2, 0.25) is 0 Å². The number of hydrogen-bond acceptors (Lipinski definition) is 6. The molecule has 0 amide bonds. The van der Waals surface area contributed by atoms with Crippen LogP contribution in [0.5, 0.6) is 5.75 Å². The number of hydrogen-bond donors (Lipinski definition) is 1. The third-order valence-electron chi connectivity index (χ3n) is 2.32. The predicted molar refractivity (Wildman–Crippen MR) is 59.0 cm³/mol. The van der Waals surface area contributed by atoms with Crippen LogP contribution in [0.15, 0.2) is 40.4 Å². The van der Waals surface area contributed by atoms with Crippen LogP contribution < -0.4 is 29.6 Å². The van der Waals surface area contributed by atoms with Gasteiger partial charge in [-0.2, -0.15) is 0 Å². The van der Waals surface area contributed by atoms with E-state index in [0.29, 0.717) is 0 Å². The second-order valence-electron chi connectivity index (χ2n) is 3.33. The van der Waals surface area contributed by atoms with Crippen molar-refractivity contribution in [2.45, 2.75) is 4.90 Å². The van der Waals surface area contributed by atoms with E-state index in [1.807, 2.05) is 0 Å². The van der Waals surface area contributed by atoms with Gasteiger partial charge in [0.1, 0.15) is 21.6 Å². The molecular formula is C10H6NNaO5S. The summed E-state index contributed by atoms with van der Waals surface area (Å²) in [4.78, 5) is 10.1. The Morgan fingerprint density at radius 3 is 2.39 bits per heavy atom. The molecule has 0 spiro atoms. The fourth-order valence-corrected chi connectivity index (χ4v) is 2.31. The van der Waals surface area contributed by atoms with Crippen LogP contribution in [0.4, 0.5) is 5.69 Å². The van der Waals surface area contributed by atoms with Crippen LogP contribution in [-0.4, -0.2) is 18.1 Å². The molecule has 6 nitrogen and oxygen atoms in total. The van der Waals surface area contributed by atoms with Gasteiger partial charge in [0.25, 0.3) is 0 Å². The molecule has 0 atom stereocenters. The first-order chi connectivity index (χ1) is 7.95. The topological polar surface area (TPSA) is 107 Å². The van der Waals surface area contributed by atoms with Gasteiger partial charge in [-0.25, -0.2) is 8.42 Å². The van der Waals surface area contributed by atoms with Gasteiger partial charge in [0, 0.05) is 5.39 Å². The van der Waals surface area contributed by atoms with Gasteiger partial charge in [0.2, 0.25) is 0 Å². The first-order valence-corrected chi connectivity index (χ1v) is 5.90. The van der Waals surface area contributed by atoms with Crippen LogP contribution in [0.25, 0.3) is 10.8 Å². The zero-order valence-corrected chi connectivity index (χ0v) is 12.1. The fourth-order valence-electron chi connectivity index (χ4n) is 1.64. The van der Waals surface area contributed by atoms with Gasteiger partial charge in [0.05, 0.1) is 10.3 Å². The quantitative estimate of drug-likeness (QED) is 0.423. The fraction of sp³-hybridized carbons (Fsp3) is 0. The van der Waals surface area contributed by atoms with Crippen molar-refractivity contribution in [2.24, 2.45) is 5.18 Å². The average Bonchev–Trinajstić information content (AvgIpc) is 2.26. The first-order valence-electron chi connectivity index (χ1n) is 4.49. The minimum absolute atomic E-state index is 0. The second kappa shape index (κ2) is 5.33. The molecular weight excluding hydrogens is 269 g/mol. The van der Waals surface area contributed by atoms with Crippen molar-refractivity contribution in [1.82, 2.24) is 0 Å². The number of phenolic OH excluding ortho intramolecular Hbond substituents is 1. The van der Waals surface area contributed by atoms with Crippen molar-refractivity contribution in [3.8, 4) is 5.75 Å². The molecule has 0 bridgehead atoms. The molecule has 2 aromatic carbocycles. The summed E-state index contributed by atoms with van der Waals surface area (Å²) in [6, 6.07) is 6.06. The van der Waals surface area contributed by atoms with Gasteiger partial charge in [-0.3, -0.25) is 0 Å². The number of aromatic hydroxyl groups is 1. The molecule has 2 rings (SSSR count). The van der Waals surface area contributed by atoms with Crippen LogP contribution >= 0.6 is 0 Å². The second-order valence-corrected chi connectivity index (χ2v) is 4.68. The molecule has 0 aliphatic rings. The Kier molecular flexibility index (Phi) is 4.46. The van der Waals surface area contributed by atoms with E-state index in [0.717, 1.165) is 12.1 Å². The SMILES string of the molecule is O=Nc1ccc(S(=O)(=O)[O-])c2cccc(O)c12.[Na+]. The van der Waals surface area contributed by atoms with Crippen LogP contribution in [-0.2, 0) is 10.1 Å². The molecule has 0 aromatic heterocycles. The smallest absolute Gasteiger partial charge is 0.744 e. The summed E-state index contributed by atoms with van der Waals surface area (Å²) in [6.45, 7) is 0. The van der Waals surface area contributed by atoms with Gasteiger partial charge in [-0.05, 0) is 23.4 Å². The first kappa shape index (κ1) is 15.1. The van der Waals surface area contributed by atoms with Crippen molar-refractivity contribution in [3.05, 3.63) is 35.2 Å². The molecule has 0 aliphatic heterocycles. The molecule has 88 valence electrons. The Bertz CT molecular complexity index is 714. The third-order valence-corrected chi connectivity index (χ3v) is 3.22. The summed E-state index contributed by atoms with van der Waals surface area (Å²) in [5.74, 6) is -0.303. The van der Waals surface area contributed by atoms with E-state index in [9.17, 15) is 23.0 Å². The minimum Gasteiger partial charge on any atom is -0.744 e. The van der Waals surface area contributed by atoms with Crippen molar-refractivity contribution in [2.75, 3.05) is 0 Å². The maximum atomic E-state index is 11.0. The summed E-state index contributed by atoms with van der Waals surface area (Å²) in [5, 5.41) is 12.2. The van der Waals surface area contributed by atoms with E-state index in [2.05, 4.69) is 5.18 Å². The molecule has 0 aliphatic carbocycles. The van der Waals surface area contributed by atoms with Gasteiger partial charge in [-0.1, -0.05) is 12.1 Å². The van der Waals surface area contributed by atoms with Crippen molar-refractivity contribution < 1.29 is 47.6 Å². The summed E-state index contributed by atoms with van der Waals surface area (Å²) in [5.41, 5.74) is -0.120. The average molecular weight is 275 g/mol. The molecule has 0 heterocycles. The Morgan fingerprint density at radius 2 is 1.83 bits per heavy atom. The van der Waals surface area contributed by atoms with E-state index in [4.69, 9.17) is 0 Å². The molecule has 1 N–H and O–H groups in total. The zero-order chi connectivity index (χ0) is 12.6. The molecule has 0 fully saturated rings. The number of rotatable bonds is 2. The van der Waals surface area contributed by atoms with E-state index in [-0.39, 0.29) is 51.8 Å². The molecule has 0 saturated heterocycles. The summed E-state index contributed by atoms with van der Waals surface area (Å²) in [6.07, 6.45) is 0. The summed E-state index contributed by atoms with van der Waals surface area (Å²) >= 11 is 0. The molecule has 18 heavy (non-hydrogen) atoms. The van der Waals surface area contributed by atoms with Crippen molar-refractivity contribution >= 4 is 26.6 Å². The van der Waals surface area contributed by atoms with E-state index in [1.165, 1.54) is 18.2 Å². The van der Waals surface area contributed by atoms with Crippen molar-refractivity contribution in [1.29, 1.82) is 0 Å². The number of benzene rings is 2.